The first-order valence-corrected chi connectivity index (χ1v) is 11.3. The van der Waals surface area contributed by atoms with E-state index >= 15 is 0 Å². The first-order valence-electron chi connectivity index (χ1n) is 11.3. The molecule has 0 spiro atoms. The number of aryl methyl sites for hydroxylation is 2. The number of hydrogen-bond acceptors (Lipinski definition) is 0. The molecule has 1 aliphatic rings. The van der Waals surface area contributed by atoms with E-state index in [4.69, 9.17) is 0 Å². The fraction of sp³-hybridized carbons (Fsp3) is 0.464. The highest BCUT2D eigenvalue weighted by atomic mass is 14.9. The fourth-order valence-electron chi connectivity index (χ4n) is 5.03. The number of nitrogens with zero attached hydrogens (tertiary/aromatic N) is 1. The van der Waals surface area contributed by atoms with E-state index in [0.29, 0.717) is 5.41 Å². The molecule has 1 heterocycles. The van der Waals surface area contributed by atoms with E-state index in [1.807, 2.05) is 0 Å². The van der Waals surface area contributed by atoms with Crippen molar-refractivity contribution in [1.82, 2.24) is 0 Å². The zero-order valence-electron chi connectivity index (χ0n) is 19.1. The maximum atomic E-state index is 2.48. The molecule has 0 radical (unpaired) electrons. The lowest BCUT2D eigenvalue weighted by molar-refractivity contribution is -0.659. The van der Waals surface area contributed by atoms with E-state index in [-0.39, 0.29) is 0 Å². The monoisotopic (exact) mass is 386 g/mol. The number of fused-ring (bicyclic) bond motifs is 1. The molecule has 0 saturated heterocycles. The van der Waals surface area contributed by atoms with Crippen molar-refractivity contribution >= 4 is 10.8 Å². The number of pyridine rings is 1. The predicted molar refractivity (Wildman–Crippen MR) is 124 cm³/mol. The van der Waals surface area contributed by atoms with Gasteiger partial charge in [0.2, 0.25) is 5.69 Å². The smallest absolute Gasteiger partial charge is 0.200 e. The van der Waals surface area contributed by atoms with E-state index in [0.717, 1.165) is 12.3 Å². The highest BCUT2D eigenvalue weighted by Gasteiger charge is 2.22. The van der Waals surface area contributed by atoms with Gasteiger partial charge in [0.15, 0.2) is 6.20 Å². The largest absolute Gasteiger partial charge is 0.213 e. The summed E-state index contributed by atoms with van der Waals surface area (Å²) in [4.78, 5) is 0. The van der Waals surface area contributed by atoms with Gasteiger partial charge >= 0.3 is 0 Å². The van der Waals surface area contributed by atoms with Crippen LogP contribution in [0.5, 0.6) is 0 Å². The Morgan fingerprint density at radius 1 is 0.931 bits per heavy atom. The molecule has 0 amide bonds. The molecule has 0 bridgehead atoms. The fourth-order valence-corrected chi connectivity index (χ4v) is 5.03. The maximum Gasteiger partial charge on any atom is 0.213 e. The van der Waals surface area contributed by atoms with Gasteiger partial charge in [0.1, 0.15) is 7.05 Å². The van der Waals surface area contributed by atoms with Gasteiger partial charge in [-0.15, -0.1) is 0 Å². The summed E-state index contributed by atoms with van der Waals surface area (Å²) in [5.74, 6) is 0.747. The molecular weight excluding hydrogens is 350 g/mol. The van der Waals surface area contributed by atoms with Crippen molar-refractivity contribution in [2.45, 2.75) is 72.6 Å². The summed E-state index contributed by atoms with van der Waals surface area (Å²) in [5.41, 5.74) is 8.83. The molecule has 1 heteroatoms. The predicted octanol–water partition coefficient (Wildman–Crippen LogP) is 7.19. The van der Waals surface area contributed by atoms with Crippen molar-refractivity contribution in [3.05, 3.63) is 64.8 Å². The van der Waals surface area contributed by atoms with Gasteiger partial charge in [-0.3, -0.25) is 0 Å². The Bertz CT molecular complexity index is 1050. The van der Waals surface area contributed by atoms with Crippen LogP contribution < -0.4 is 4.57 Å². The third kappa shape index (κ3) is 4.25. The second-order valence-corrected chi connectivity index (χ2v) is 10.5. The SMILES string of the molecule is Cc1cc(C2CCCC2)cc(-c2cc3cc(CC(C)(C)C)ccc3c[n+]2C)c1C. The van der Waals surface area contributed by atoms with E-state index in [1.165, 1.54) is 64.4 Å². The highest BCUT2D eigenvalue weighted by Crippen LogP contribution is 2.37. The lowest BCUT2D eigenvalue weighted by Gasteiger charge is -2.18. The molecular formula is C28H36N+. The highest BCUT2D eigenvalue weighted by molar-refractivity contribution is 5.85. The Labute approximate surface area is 176 Å². The Morgan fingerprint density at radius 2 is 1.66 bits per heavy atom. The standard InChI is InChI=1S/C28H36N/c1-19-13-24(22-9-7-8-10-22)15-26(20(19)2)27-16-25-14-21(17-28(3,4)5)11-12-23(25)18-29(27)6/h11-16,18,22H,7-10,17H2,1-6H3/q+1. The second-order valence-electron chi connectivity index (χ2n) is 10.5. The zero-order valence-corrected chi connectivity index (χ0v) is 19.1. The molecule has 0 aliphatic heterocycles. The van der Waals surface area contributed by atoms with Crippen molar-refractivity contribution in [1.29, 1.82) is 0 Å². The minimum Gasteiger partial charge on any atom is -0.200 e. The zero-order chi connectivity index (χ0) is 20.8. The molecule has 0 unspecified atom stereocenters. The van der Waals surface area contributed by atoms with Crippen molar-refractivity contribution < 1.29 is 4.57 Å². The van der Waals surface area contributed by atoms with Crippen LogP contribution in [-0.2, 0) is 13.5 Å². The van der Waals surface area contributed by atoms with Crippen LogP contribution in [0.25, 0.3) is 22.0 Å². The molecule has 0 atom stereocenters. The topological polar surface area (TPSA) is 3.88 Å². The first kappa shape index (κ1) is 20.1. The molecule has 2 aromatic carbocycles. The van der Waals surface area contributed by atoms with Gasteiger partial charge in [-0.05, 0) is 84.2 Å². The Hall–Kier alpha value is -2.15. The van der Waals surface area contributed by atoms with Crippen molar-refractivity contribution in [3.8, 4) is 11.3 Å². The minimum absolute atomic E-state index is 0.305. The Kier molecular flexibility index (Phi) is 5.27. The summed E-state index contributed by atoms with van der Waals surface area (Å²) in [6.07, 6.45) is 8.86. The van der Waals surface area contributed by atoms with Gasteiger partial charge in [-0.2, -0.15) is 0 Å². The molecule has 29 heavy (non-hydrogen) atoms. The van der Waals surface area contributed by atoms with Crippen LogP contribution in [-0.4, -0.2) is 0 Å². The summed E-state index contributed by atoms with van der Waals surface area (Å²) in [6, 6.07) is 14.3. The lowest BCUT2D eigenvalue weighted by atomic mass is 9.87. The summed E-state index contributed by atoms with van der Waals surface area (Å²) >= 11 is 0. The van der Waals surface area contributed by atoms with Gasteiger partial charge in [-0.1, -0.05) is 51.8 Å². The van der Waals surface area contributed by atoms with E-state index < -0.39 is 0 Å². The first-order chi connectivity index (χ1) is 13.7. The summed E-state index contributed by atoms with van der Waals surface area (Å²) in [7, 11) is 2.19. The number of benzene rings is 2. The van der Waals surface area contributed by atoms with Crippen LogP contribution in [0.3, 0.4) is 0 Å². The molecule has 1 nitrogen and oxygen atoms in total. The number of hydrogen-bond donors (Lipinski definition) is 0. The Morgan fingerprint density at radius 3 is 2.34 bits per heavy atom. The maximum absolute atomic E-state index is 2.48. The Balaban J connectivity index is 1.83. The normalized spacial score (nSPS) is 15.4. The van der Waals surface area contributed by atoms with Gasteiger partial charge in [0, 0.05) is 17.0 Å². The van der Waals surface area contributed by atoms with Crippen molar-refractivity contribution in [3.63, 3.8) is 0 Å². The number of rotatable bonds is 3. The summed E-state index contributed by atoms with van der Waals surface area (Å²) in [5, 5.41) is 2.67. The van der Waals surface area contributed by atoms with Crippen LogP contribution in [0, 0.1) is 19.3 Å². The third-order valence-corrected chi connectivity index (χ3v) is 6.68. The number of aromatic nitrogens is 1. The minimum atomic E-state index is 0.305. The van der Waals surface area contributed by atoms with Crippen molar-refractivity contribution in [2.75, 3.05) is 0 Å². The third-order valence-electron chi connectivity index (χ3n) is 6.68. The van der Waals surface area contributed by atoms with Gasteiger partial charge in [0.25, 0.3) is 0 Å². The molecule has 0 N–H and O–H groups in total. The van der Waals surface area contributed by atoms with E-state index in [2.05, 4.69) is 88.8 Å². The second kappa shape index (κ2) is 7.59. The molecule has 1 fully saturated rings. The van der Waals surface area contributed by atoms with Gasteiger partial charge in [-0.25, -0.2) is 4.57 Å². The van der Waals surface area contributed by atoms with Crippen LogP contribution >= 0.6 is 0 Å². The van der Waals surface area contributed by atoms with Crippen LogP contribution in [0.15, 0.2) is 42.6 Å². The average molecular weight is 387 g/mol. The molecule has 3 aromatic rings. The van der Waals surface area contributed by atoms with Gasteiger partial charge < -0.3 is 0 Å². The molecule has 1 aromatic heterocycles. The quantitative estimate of drug-likeness (QED) is 0.419. The molecule has 1 aliphatic carbocycles. The summed E-state index contributed by atoms with van der Waals surface area (Å²) < 4.78 is 2.31. The lowest BCUT2D eigenvalue weighted by Crippen LogP contribution is -2.30. The van der Waals surface area contributed by atoms with Gasteiger partial charge in [0.05, 0.1) is 0 Å². The van der Waals surface area contributed by atoms with Crippen LogP contribution in [0.4, 0.5) is 0 Å². The summed E-state index contributed by atoms with van der Waals surface area (Å²) in [6.45, 7) is 11.5. The average Bonchev–Trinajstić information content (AvgIpc) is 3.17. The van der Waals surface area contributed by atoms with Crippen molar-refractivity contribution in [2.24, 2.45) is 12.5 Å². The van der Waals surface area contributed by atoms with Crippen LogP contribution in [0.2, 0.25) is 0 Å². The molecule has 1 saturated carbocycles. The van der Waals surface area contributed by atoms with E-state index in [1.54, 1.807) is 5.56 Å². The van der Waals surface area contributed by atoms with E-state index in [9.17, 15) is 0 Å². The molecule has 4 rings (SSSR count). The van der Waals surface area contributed by atoms with Crippen LogP contribution in [0.1, 0.15) is 74.6 Å². The molecule has 152 valence electrons.